The van der Waals surface area contributed by atoms with Crippen LogP contribution in [0.5, 0.6) is 5.75 Å². The van der Waals surface area contributed by atoms with E-state index >= 15 is 0 Å². The molecule has 0 saturated heterocycles. The standard InChI is InChI=1S/C15H23NO2/c1-12-11-13(3-6-15(12)17-2)7-9-18-10-8-16-14-4-5-14/h3,6,11,14,16H,4-5,7-10H2,1-2H3. The Hall–Kier alpha value is -1.06. The molecule has 1 fully saturated rings. The van der Waals surface area contributed by atoms with Crippen LogP contribution in [0, 0.1) is 6.92 Å². The third kappa shape index (κ3) is 4.31. The molecule has 3 nitrogen and oxygen atoms in total. The number of aryl methyl sites for hydroxylation is 1. The van der Waals surface area contributed by atoms with Gasteiger partial charge < -0.3 is 14.8 Å². The summed E-state index contributed by atoms with van der Waals surface area (Å²) in [6, 6.07) is 7.08. The minimum Gasteiger partial charge on any atom is -0.496 e. The molecular weight excluding hydrogens is 226 g/mol. The monoisotopic (exact) mass is 249 g/mol. The van der Waals surface area contributed by atoms with E-state index in [2.05, 4.69) is 24.4 Å². The lowest BCUT2D eigenvalue weighted by Gasteiger charge is -2.08. The van der Waals surface area contributed by atoms with Crippen molar-refractivity contribution in [3.8, 4) is 5.75 Å². The molecule has 2 rings (SSSR count). The second-order valence-corrected chi connectivity index (χ2v) is 4.89. The molecular formula is C15H23NO2. The summed E-state index contributed by atoms with van der Waals surface area (Å²) < 4.78 is 10.9. The quantitative estimate of drug-likeness (QED) is 0.717. The highest BCUT2D eigenvalue weighted by molar-refractivity contribution is 5.36. The van der Waals surface area contributed by atoms with Gasteiger partial charge in [0.15, 0.2) is 0 Å². The van der Waals surface area contributed by atoms with E-state index in [4.69, 9.17) is 9.47 Å². The van der Waals surface area contributed by atoms with Crippen LogP contribution in [0.1, 0.15) is 24.0 Å². The van der Waals surface area contributed by atoms with Gasteiger partial charge in [-0.25, -0.2) is 0 Å². The smallest absolute Gasteiger partial charge is 0.121 e. The first-order chi connectivity index (χ1) is 8.79. The van der Waals surface area contributed by atoms with Gasteiger partial charge in [0.2, 0.25) is 0 Å². The molecule has 0 aromatic heterocycles. The van der Waals surface area contributed by atoms with Gasteiger partial charge in [0.1, 0.15) is 5.75 Å². The van der Waals surface area contributed by atoms with Crippen LogP contribution < -0.4 is 10.1 Å². The average Bonchev–Trinajstić information content (AvgIpc) is 3.18. The Morgan fingerprint density at radius 1 is 1.28 bits per heavy atom. The van der Waals surface area contributed by atoms with Crippen LogP contribution in [0.15, 0.2) is 18.2 Å². The molecule has 3 heteroatoms. The number of benzene rings is 1. The van der Waals surface area contributed by atoms with Crippen LogP contribution in [-0.4, -0.2) is 32.9 Å². The van der Waals surface area contributed by atoms with E-state index in [0.29, 0.717) is 0 Å². The van der Waals surface area contributed by atoms with Gasteiger partial charge in [0.05, 0.1) is 20.3 Å². The van der Waals surface area contributed by atoms with Gasteiger partial charge in [-0.3, -0.25) is 0 Å². The molecule has 1 aliphatic carbocycles. The molecule has 18 heavy (non-hydrogen) atoms. The lowest BCUT2D eigenvalue weighted by molar-refractivity contribution is 0.138. The zero-order valence-corrected chi connectivity index (χ0v) is 11.4. The minimum atomic E-state index is 0.776. The molecule has 0 aliphatic heterocycles. The van der Waals surface area contributed by atoms with Gasteiger partial charge in [0.25, 0.3) is 0 Å². The molecule has 0 atom stereocenters. The second-order valence-electron chi connectivity index (χ2n) is 4.89. The van der Waals surface area contributed by atoms with Crippen molar-refractivity contribution in [3.63, 3.8) is 0 Å². The highest BCUT2D eigenvalue weighted by Gasteiger charge is 2.19. The average molecular weight is 249 g/mol. The fourth-order valence-corrected chi connectivity index (χ4v) is 2.01. The Morgan fingerprint density at radius 3 is 2.78 bits per heavy atom. The molecule has 0 amide bonds. The van der Waals surface area contributed by atoms with Crippen LogP contribution in [0.3, 0.4) is 0 Å². The second kappa shape index (κ2) is 6.76. The molecule has 1 aromatic carbocycles. The minimum absolute atomic E-state index is 0.776. The Bertz CT molecular complexity index is 375. The van der Waals surface area contributed by atoms with Gasteiger partial charge in [-0.15, -0.1) is 0 Å². The molecule has 1 aromatic rings. The lowest BCUT2D eigenvalue weighted by Crippen LogP contribution is -2.22. The Balaban J connectivity index is 1.61. The maximum atomic E-state index is 5.62. The predicted octanol–water partition coefficient (Wildman–Crippen LogP) is 2.31. The maximum absolute atomic E-state index is 5.62. The Morgan fingerprint density at radius 2 is 2.11 bits per heavy atom. The Kier molecular flexibility index (Phi) is 5.02. The zero-order chi connectivity index (χ0) is 12.8. The van der Waals surface area contributed by atoms with Crippen molar-refractivity contribution in [2.45, 2.75) is 32.2 Å². The van der Waals surface area contributed by atoms with Gasteiger partial charge in [-0.05, 0) is 43.4 Å². The van der Waals surface area contributed by atoms with Crippen LogP contribution in [0.4, 0.5) is 0 Å². The number of nitrogens with one attached hydrogen (secondary N) is 1. The number of rotatable bonds is 8. The highest BCUT2D eigenvalue weighted by atomic mass is 16.5. The van der Waals surface area contributed by atoms with E-state index in [1.807, 2.05) is 6.07 Å². The molecule has 0 unspecified atom stereocenters. The largest absolute Gasteiger partial charge is 0.496 e. The molecule has 100 valence electrons. The van der Waals surface area contributed by atoms with E-state index in [9.17, 15) is 0 Å². The van der Waals surface area contributed by atoms with Crippen molar-refractivity contribution in [1.82, 2.24) is 5.32 Å². The van der Waals surface area contributed by atoms with E-state index in [1.54, 1.807) is 7.11 Å². The van der Waals surface area contributed by atoms with E-state index in [-0.39, 0.29) is 0 Å². The molecule has 0 radical (unpaired) electrons. The Labute approximate surface area is 109 Å². The summed E-state index contributed by atoms with van der Waals surface area (Å²) in [6.45, 7) is 4.65. The van der Waals surface area contributed by atoms with E-state index in [1.165, 1.54) is 24.0 Å². The third-order valence-corrected chi connectivity index (χ3v) is 3.25. The molecule has 1 N–H and O–H groups in total. The normalized spacial score (nSPS) is 14.8. The highest BCUT2D eigenvalue weighted by Crippen LogP contribution is 2.19. The maximum Gasteiger partial charge on any atom is 0.121 e. The number of ether oxygens (including phenoxy) is 2. The summed E-state index contributed by atoms with van der Waals surface area (Å²) in [5, 5.41) is 3.44. The van der Waals surface area contributed by atoms with E-state index < -0.39 is 0 Å². The SMILES string of the molecule is COc1ccc(CCOCCNC2CC2)cc1C. The summed E-state index contributed by atoms with van der Waals surface area (Å²) in [4.78, 5) is 0. The first-order valence-electron chi connectivity index (χ1n) is 6.74. The van der Waals surface area contributed by atoms with Gasteiger partial charge in [-0.1, -0.05) is 12.1 Å². The summed E-state index contributed by atoms with van der Waals surface area (Å²) >= 11 is 0. The van der Waals surface area contributed by atoms with Crippen LogP contribution in [0.25, 0.3) is 0 Å². The van der Waals surface area contributed by atoms with E-state index in [0.717, 1.165) is 38.0 Å². The third-order valence-electron chi connectivity index (χ3n) is 3.25. The molecule has 1 aliphatic rings. The molecule has 0 spiro atoms. The zero-order valence-electron chi connectivity index (χ0n) is 11.4. The van der Waals surface area contributed by atoms with Gasteiger partial charge in [0, 0.05) is 12.6 Å². The van der Waals surface area contributed by atoms with Crippen LogP contribution >= 0.6 is 0 Å². The number of hydrogen-bond donors (Lipinski definition) is 1. The van der Waals surface area contributed by atoms with Crippen molar-refractivity contribution >= 4 is 0 Å². The predicted molar refractivity (Wildman–Crippen MR) is 73.3 cm³/mol. The topological polar surface area (TPSA) is 30.5 Å². The lowest BCUT2D eigenvalue weighted by atomic mass is 10.1. The molecule has 1 saturated carbocycles. The fourth-order valence-electron chi connectivity index (χ4n) is 2.01. The summed E-state index contributed by atoms with van der Waals surface area (Å²) in [7, 11) is 1.71. The number of methoxy groups -OCH3 is 1. The van der Waals surface area contributed by atoms with Gasteiger partial charge >= 0.3 is 0 Å². The van der Waals surface area contributed by atoms with Crippen LogP contribution in [-0.2, 0) is 11.2 Å². The van der Waals surface area contributed by atoms with Crippen molar-refractivity contribution in [3.05, 3.63) is 29.3 Å². The van der Waals surface area contributed by atoms with Crippen molar-refractivity contribution in [1.29, 1.82) is 0 Å². The van der Waals surface area contributed by atoms with Crippen molar-refractivity contribution in [2.24, 2.45) is 0 Å². The van der Waals surface area contributed by atoms with Crippen molar-refractivity contribution < 1.29 is 9.47 Å². The van der Waals surface area contributed by atoms with Crippen molar-refractivity contribution in [2.75, 3.05) is 26.9 Å². The molecule has 0 heterocycles. The summed E-state index contributed by atoms with van der Waals surface area (Å²) in [6.07, 6.45) is 3.64. The molecule has 0 bridgehead atoms. The fraction of sp³-hybridized carbons (Fsp3) is 0.600. The number of hydrogen-bond acceptors (Lipinski definition) is 3. The summed E-state index contributed by atoms with van der Waals surface area (Å²) in [5.41, 5.74) is 2.49. The first-order valence-corrected chi connectivity index (χ1v) is 6.74. The van der Waals surface area contributed by atoms with Crippen LogP contribution in [0.2, 0.25) is 0 Å². The van der Waals surface area contributed by atoms with Gasteiger partial charge in [-0.2, -0.15) is 0 Å². The first kappa shape index (κ1) is 13.4. The summed E-state index contributed by atoms with van der Waals surface area (Å²) in [5.74, 6) is 0.952.